The monoisotopic (exact) mass is 329 g/mol. The van der Waals surface area contributed by atoms with E-state index in [9.17, 15) is 14.0 Å². The summed E-state index contributed by atoms with van der Waals surface area (Å²) >= 11 is 0. The van der Waals surface area contributed by atoms with Gasteiger partial charge in [-0.25, -0.2) is 4.39 Å². The van der Waals surface area contributed by atoms with Crippen LogP contribution in [0.25, 0.3) is 0 Å². The molecule has 24 heavy (non-hydrogen) atoms. The fourth-order valence-electron chi connectivity index (χ4n) is 2.91. The number of nitrogens with one attached hydrogen (secondary N) is 1. The molecule has 0 atom stereocenters. The predicted molar refractivity (Wildman–Crippen MR) is 90.6 cm³/mol. The number of nitrogens with zero attached hydrogens (tertiary/aromatic N) is 2. The quantitative estimate of drug-likeness (QED) is 0.930. The van der Waals surface area contributed by atoms with Crippen molar-refractivity contribution in [2.45, 2.75) is 12.8 Å². The lowest BCUT2D eigenvalue weighted by molar-refractivity contribution is -0.131. The normalized spacial score (nSPS) is 14.7. The summed E-state index contributed by atoms with van der Waals surface area (Å²) in [6.07, 6.45) is 2.43. The maximum atomic E-state index is 13.6. The first-order chi connectivity index (χ1) is 11.6. The Kier molecular flexibility index (Phi) is 4.93. The first-order valence-corrected chi connectivity index (χ1v) is 8.08. The van der Waals surface area contributed by atoms with E-state index in [4.69, 9.17) is 0 Å². The summed E-state index contributed by atoms with van der Waals surface area (Å²) in [6, 6.07) is 9.86. The fourth-order valence-corrected chi connectivity index (χ4v) is 2.91. The third-order valence-corrected chi connectivity index (χ3v) is 4.33. The number of benzene rings is 1. The highest BCUT2D eigenvalue weighted by molar-refractivity contribution is 5.76. The molecule has 126 valence electrons. The molecule has 0 radical (unpaired) electrons. The van der Waals surface area contributed by atoms with Gasteiger partial charge in [0.15, 0.2) is 0 Å². The summed E-state index contributed by atoms with van der Waals surface area (Å²) in [5.41, 5.74) is 1.41. The zero-order chi connectivity index (χ0) is 16.9. The number of H-pyrrole nitrogens is 1. The Morgan fingerprint density at radius 1 is 1.08 bits per heavy atom. The lowest BCUT2D eigenvalue weighted by Gasteiger charge is -2.36. The van der Waals surface area contributed by atoms with E-state index in [1.165, 1.54) is 12.1 Å². The van der Waals surface area contributed by atoms with Gasteiger partial charge in [-0.15, -0.1) is 0 Å². The van der Waals surface area contributed by atoms with Crippen molar-refractivity contribution in [3.8, 4) is 0 Å². The number of piperazine rings is 1. The van der Waals surface area contributed by atoms with Crippen molar-refractivity contribution in [2.24, 2.45) is 0 Å². The zero-order valence-electron chi connectivity index (χ0n) is 13.4. The van der Waals surface area contributed by atoms with Crippen LogP contribution in [0.4, 0.5) is 10.1 Å². The minimum Gasteiger partial charge on any atom is -0.367 e. The minimum atomic E-state index is -0.256. The van der Waals surface area contributed by atoms with E-state index in [0.717, 1.165) is 18.8 Å². The first kappa shape index (κ1) is 16.2. The SMILES string of the molecule is O=C(CCc1ccccc1F)N1CCN(c2ccc(=O)[nH]c2)CC1. The van der Waals surface area contributed by atoms with Gasteiger partial charge in [0.25, 0.3) is 0 Å². The number of hydrogen-bond acceptors (Lipinski definition) is 3. The second kappa shape index (κ2) is 7.29. The van der Waals surface area contributed by atoms with E-state index in [2.05, 4.69) is 9.88 Å². The van der Waals surface area contributed by atoms with Crippen LogP contribution in [0.2, 0.25) is 0 Å². The Balaban J connectivity index is 1.51. The summed E-state index contributed by atoms with van der Waals surface area (Å²) in [7, 11) is 0. The number of amides is 1. The Labute approximate surface area is 139 Å². The van der Waals surface area contributed by atoms with Gasteiger partial charge < -0.3 is 14.8 Å². The maximum absolute atomic E-state index is 13.6. The van der Waals surface area contributed by atoms with E-state index in [1.807, 2.05) is 4.90 Å². The number of aromatic nitrogens is 1. The number of carbonyl (C=O) groups excluding carboxylic acids is 1. The molecule has 2 aromatic rings. The van der Waals surface area contributed by atoms with Crippen molar-refractivity contribution >= 4 is 11.6 Å². The molecule has 1 saturated heterocycles. The molecule has 1 aromatic heterocycles. The van der Waals surface area contributed by atoms with Crippen molar-refractivity contribution in [3.63, 3.8) is 0 Å². The van der Waals surface area contributed by atoms with E-state index < -0.39 is 0 Å². The average molecular weight is 329 g/mol. The number of hydrogen-bond donors (Lipinski definition) is 1. The summed E-state index contributed by atoms with van der Waals surface area (Å²) in [4.78, 5) is 30.0. The third kappa shape index (κ3) is 3.82. The molecule has 6 heteroatoms. The van der Waals surface area contributed by atoms with Crippen LogP contribution in [0.3, 0.4) is 0 Å². The Bertz CT molecular complexity index is 746. The second-order valence-corrected chi connectivity index (χ2v) is 5.87. The van der Waals surface area contributed by atoms with Gasteiger partial charge in [-0.1, -0.05) is 18.2 Å². The van der Waals surface area contributed by atoms with Gasteiger partial charge in [0.05, 0.1) is 5.69 Å². The van der Waals surface area contributed by atoms with Crippen molar-refractivity contribution in [3.05, 3.63) is 64.3 Å². The number of pyridine rings is 1. The standard InChI is InChI=1S/C18H20FN3O2/c19-16-4-2-1-3-14(16)5-8-18(24)22-11-9-21(10-12-22)15-6-7-17(23)20-13-15/h1-4,6-7,13H,5,8-12H2,(H,20,23). The number of rotatable bonds is 4. The Morgan fingerprint density at radius 2 is 1.83 bits per heavy atom. The largest absolute Gasteiger partial charge is 0.367 e. The molecular formula is C18H20FN3O2. The van der Waals surface area contributed by atoms with E-state index >= 15 is 0 Å². The first-order valence-electron chi connectivity index (χ1n) is 8.08. The number of aromatic amines is 1. The molecule has 2 heterocycles. The fraction of sp³-hybridized carbons (Fsp3) is 0.333. The Morgan fingerprint density at radius 3 is 2.50 bits per heavy atom. The zero-order valence-corrected chi connectivity index (χ0v) is 13.4. The topological polar surface area (TPSA) is 56.4 Å². The molecular weight excluding hydrogens is 309 g/mol. The second-order valence-electron chi connectivity index (χ2n) is 5.87. The molecule has 0 aliphatic carbocycles. The van der Waals surface area contributed by atoms with Crippen LogP contribution in [0.15, 0.2) is 47.4 Å². The highest BCUT2D eigenvalue weighted by Crippen LogP contribution is 2.15. The lowest BCUT2D eigenvalue weighted by atomic mass is 10.1. The van der Waals surface area contributed by atoms with Gasteiger partial charge >= 0.3 is 0 Å². The summed E-state index contributed by atoms with van der Waals surface area (Å²) < 4.78 is 13.6. The molecule has 1 amide bonds. The van der Waals surface area contributed by atoms with Crippen LogP contribution in [0.1, 0.15) is 12.0 Å². The summed E-state index contributed by atoms with van der Waals surface area (Å²) in [5.74, 6) is -0.201. The summed E-state index contributed by atoms with van der Waals surface area (Å²) in [5, 5.41) is 0. The van der Waals surface area contributed by atoms with Crippen LogP contribution in [-0.2, 0) is 11.2 Å². The van der Waals surface area contributed by atoms with Crippen LogP contribution in [0.5, 0.6) is 0 Å². The van der Waals surface area contributed by atoms with E-state index in [0.29, 0.717) is 31.5 Å². The molecule has 1 N–H and O–H groups in total. The van der Waals surface area contributed by atoms with E-state index in [-0.39, 0.29) is 17.3 Å². The molecule has 5 nitrogen and oxygen atoms in total. The molecule has 0 bridgehead atoms. The lowest BCUT2D eigenvalue weighted by Crippen LogP contribution is -2.49. The van der Waals surface area contributed by atoms with Gasteiger partial charge in [0.1, 0.15) is 5.82 Å². The van der Waals surface area contributed by atoms with Gasteiger partial charge in [0, 0.05) is 44.9 Å². The minimum absolute atomic E-state index is 0.0550. The van der Waals surface area contributed by atoms with Crippen molar-refractivity contribution in [2.75, 3.05) is 31.1 Å². The third-order valence-electron chi connectivity index (χ3n) is 4.33. The molecule has 1 fully saturated rings. The van der Waals surface area contributed by atoms with Crippen LogP contribution >= 0.6 is 0 Å². The number of carbonyl (C=O) groups is 1. The van der Waals surface area contributed by atoms with Gasteiger partial charge in [-0.05, 0) is 24.1 Å². The molecule has 1 aliphatic heterocycles. The molecule has 3 rings (SSSR count). The predicted octanol–water partition coefficient (Wildman–Crippen LogP) is 1.80. The average Bonchev–Trinajstić information content (AvgIpc) is 2.62. The van der Waals surface area contributed by atoms with Gasteiger partial charge in [-0.3, -0.25) is 9.59 Å². The van der Waals surface area contributed by atoms with E-state index in [1.54, 1.807) is 30.5 Å². The summed E-state index contributed by atoms with van der Waals surface area (Å²) in [6.45, 7) is 2.71. The van der Waals surface area contributed by atoms with Gasteiger partial charge in [-0.2, -0.15) is 0 Å². The number of halogens is 1. The van der Waals surface area contributed by atoms with Crippen molar-refractivity contribution in [1.29, 1.82) is 0 Å². The molecule has 1 aromatic carbocycles. The number of anilines is 1. The smallest absolute Gasteiger partial charge is 0.248 e. The number of aryl methyl sites for hydroxylation is 1. The maximum Gasteiger partial charge on any atom is 0.248 e. The molecule has 0 unspecified atom stereocenters. The van der Waals surface area contributed by atoms with Crippen molar-refractivity contribution in [1.82, 2.24) is 9.88 Å². The Hall–Kier alpha value is -2.63. The highest BCUT2D eigenvalue weighted by atomic mass is 19.1. The van der Waals surface area contributed by atoms with Gasteiger partial charge in [0.2, 0.25) is 11.5 Å². The van der Waals surface area contributed by atoms with Crippen LogP contribution < -0.4 is 10.5 Å². The van der Waals surface area contributed by atoms with Crippen LogP contribution in [0, 0.1) is 5.82 Å². The highest BCUT2D eigenvalue weighted by Gasteiger charge is 2.21. The molecule has 1 aliphatic rings. The van der Waals surface area contributed by atoms with Crippen LogP contribution in [-0.4, -0.2) is 42.0 Å². The molecule has 0 spiro atoms. The molecule has 0 saturated carbocycles. The van der Waals surface area contributed by atoms with Crippen molar-refractivity contribution < 1.29 is 9.18 Å².